The van der Waals surface area contributed by atoms with Crippen LogP contribution in [0.5, 0.6) is 0 Å². The molecule has 15 heavy (non-hydrogen) atoms. The van der Waals surface area contributed by atoms with Crippen LogP contribution in [0, 0.1) is 5.92 Å². The van der Waals surface area contributed by atoms with Gasteiger partial charge in [0.15, 0.2) is 0 Å². The molecule has 1 fully saturated rings. The number of nitrogens with zero attached hydrogens (tertiary/aromatic N) is 1. The number of aromatic nitrogens is 1. The topological polar surface area (TPSA) is 50.9 Å². The molecule has 1 aliphatic carbocycles. The Kier molecular flexibility index (Phi) is 3.21. The Hall–Kier alpha value is -1.09. The molecular weight excluding hydrogens is 186 g/mol. The lowest BCUT2D eigenvalue weighted by atomic mass is 10.0. The maximum Gasteiger partial charge on any atom is 0.0378 e. The number of nitrogen functional groups attached to an aromatic ring is 1. The Morgan fingerprint density at radius 3 is 3.00 bits per heavy atom. The molecule has 1 atom stereocenters. The Morgan fingerprint density at radius 2 is 2.40 bits per heavy atom. The molecule has 1 aromatic rings. The second kappa shape index (κ2) is 4.62. The van der Waals surface area contributed by atoms with Crippen LogP contribution in [0.15, 0.2) is 18.5 Å². The van der Waals surface area contributed by atoms with Crippen molar-refractivity contribution >= 4 is 5.69 Å². The van der Waals surface area contributed by atoms with Gasteiger partial charge in [0.1, 0.15) is 0 Å². The molecule has 0 saturated heterocycles. The van der Waals surface area contributed by atoms with Crippen LogP contribution >= 0.6 is 0 Å². The van der Waals surface area contributed by atoms with E-state index >= 15 is 0 Å². The fourth-order valence-electron chi connectivity index (χ4n) is 1.93. The van der Waals surface area contributed by atoms with Crippen molar-refractivity contribution in [1.29, 1.82) is 0 Å². The molecule has 82 valence electrons. The van der Waals surface area contributed by atoms with Crippen molar-refractivity contribution in [2.45, 2.75) is 31.7 Å². The monoisotopic (exact) mass is 205 g/mol. The average molecular weight is 205 g/mol. The smallest absolute Gasteiger partial charge is 0.0378 e. The number of pyridine rings is 1. The highest BCUT2D eigenvalue weighted by molar-refractivity contribution is 5.44. The summed E-state index contributed by atoms with van der Waals surface area (Å²) in [5.41, 5.74) is 7.93. The fraction of sp³-hybridized carbons (Fsp3) is 0.583. The molecule has 0 aromatic carbocycles. The normalized spacial score (nSPS) is 17.7. The van der Waals surface area contributed by atoms with Gasteiger partial charge in [0.25, 0.3) is 0 Å². The van der Waals surface area contributed by atoms with E-state index in [0.717, 1.165) is 23.6 Å². The summed E-state index contributed by atoms with van der Waals surface area (Å²) < 4.78 is 0. The lowest BCUT2D eigenvalue weighted by molar-refractivity contribution is 0.490. The summed E-state index contributed by atoms with van der Waals surface area (Å²) in [6.07, 6.45) is 8.69. The number of rotatable bonds is 5. The van der Waals surface area contributed by atoms with E-state index in [9.17, 15) is 0 Å². The first-order valence-corrected chi connectivity index (χ1v) is 5.65. The number of anilines is 1. The summed E-state index contributed by atoms with van der Waals surface area (Å²) in [7, 11) is 2.03. The van der Waals surface area contributed by atoms with E-state index in [1.807, 2.05) is 19.3 Å². The lowest BCUT2D eigenvalue weighted by Crippen LogP contribution is -2.28. The molecule has 1 heterocycles. The van der Waals surface area contributed by atoms with Crippen molar-refractivity contribution in [3.8, 4) is 0 Å². The summed E-state index contributed by atoms with van der Waals surface area (Å²) in [5, 5.41) is 3.37. The van der Waals surface area contributed by atoms with E-state index in [1.165, 1.54) is 19.3 Å². The third-order valence-corrected chi connectivity index (χ3v) is 3.13. The minimum absolute atomic E-state index is 0.545. The van der Waals surface area contributed by atoms with Gasteiger partial charge in [-0.1, -0.05) is 12.8 Å². The van der Waals surface area contributed by atoms with Gasteiger partial charge in [0.2, 0.25) is 0 Å². The summed E-state index contributed by atoms with van der Waals surface area (Å²) in [4.78, 5) is 4.12. The zero-order valence-electron chi connectivity index (χ0n) is 9.24. The SMILES string of the molecule is CNC(Cc1cnccc1N)CC1CC1. The summed E-state index contributed by atoms with van der Waals surface area (Å²) >= 11 is 0. The highest BCUT2D eigenvalue weighted by atomic mass is 14.9. The highest BCUT2D eigenvalue weighted by Gasteiger charge is 2.25. The Morgan fingerprint density at radius 1 is 1.60 bits per heavy atom. The molecule has 0 amide bonds. The maximum absolute atomic E-state index is 5.90. The molecule has 0 spiro atoms. The van der Waals surface area contributed by atoms with Crippen molar-refractivity contribution < 1.29 is 0 Å². The summed E-state index contributed by atoms with van der Waals surface area (Å²) in [6, 6.07) is 2.42. The van der Waals surface area contributed by atoms with E-state index in [1.54, 1.807) is 6.20 Å². The number of nitrogens with one attached hydrogen (secondary N) is 1. The molecule has 0 aliphatic heterocycles. The van der Waals surface area contributed by atoms with E-state index in [-0.39, 0.29) is 0 Å². The molecule has 3 nitrogen and oxygen atoms in total. The maximum atomic E-state index is 5.90. The van der Waals surface area contributed by atoms with Gasteiger partial charge in [-0.2, -0.15) is 0 Å². The van der Waals surface area contributed by atoms with Crippen molar-refractivity contribution in [1.82, 2.24) is 10.3 Å². The molecule has 3 heteroatoms. The van der Waals surface area contributed by atoms with Gasteiger partial charge in [-0.3, -0.25) is 4.98 Å². The number of likely N-dealkylation sites (N-methyl/N-ethyl adjacent to an activating group) is 1. The second-order valence-electron chi connectivity index (χ2n) is 4.44. The molecule has 0 bridgehead atoms. The minimum atomic E-state index is 0.545. The number of hydrogen-bond donors (Lipinski definition) is 2. The standard InChI is InChI=1S/C12H19N3/c1-14-11(6-9-2-3-9)7-10-8-15-5-4-12(10)13/h4-5,8-9,11,14H,2-3,6-7H2,1H3,(H2,13,15). The first kappa shape index (κ1) is 10.4. The summed E-state index contributed by atoms with van der Waals surface area (Å²) in [5.74, 6) is 0.945. The molecule has 3 N–H and O–H groups in total. The van der Waals surface area contributed by atoms with E-state index < -0.39 is 0 Å². The van der Waals surface area contributed by atoms with Gasteiger partial charge in [0.05, 0.1) is 0 Å². The fourth-order valence-corrected chi connectivity index (χ4v) is 1.93. The molecule has 1 aromatic heterocycles. The van der Waals surface area contributed by atoms with Gasteiger partial charge in [-0.05, 0) is 37.4 Å². The van der Waals surface area contributed by atoms with Crippen LogP contribution in [-0.2, 0) is 6.42 Å². The summed E-state index contributed by atoms with van der Waals surface area (Å²) in [6.45, 7) is 0. The third-order valence-electron chi connectivity index (χ3n) is 3.13. The Bertz CT molecular complexity index is 320. The zero-order valence-corrected chi connectivity index (χ0v) is 9.24. The first-order chi connectivity index (χ1) is 7.29. The Balaban J connectivity index is 1.95. The Labute approximate surface area is 91.1 Å². The lowest BCUT2D eigenvalue weighted by Gasteiger charge is -2.16. The largest absolute Gasteiger partial charge is 0.398 e. The van der Waals surface area contributed by atoms with Gasteiger partial charge in [-0.25, -0.2) is 0 Å². The van der Waals surface area contributed by atoms with Crippen LogP contribution in [0.4, 0.5) is 5.69 Å². The van der Waals surface area contributed by atoms with Gasteiger partial charge < -0.3 is 11.1 Å². The molecule has 1 unspecified atom stereocenters. The van der Waals surface area contributed by atoms with Crippen molar-refractivity contribution in [3.63, 3.8) is 0 Å². The molecule has 2 rings (SSSR count). The molecule has 1 aliphatic rings. The average Bonchev–Trinajstić information content (AvgIpc) is 3.04. The van der Waals surface area contributed by atoms with E-state index in [0.29, 0.717) is 6.04 Å². The van der Waals surface area contributed by atoms with Crippen molar-refractivity contribution in [3.05, 3.63) is 24.0 Å². The van der Waals surface area contributed by atoms with Crippen LogP contribution in [0.25, 0.3) is 0 Å². The van der Waals surface area contributed by atoms with Crippen LogP contribution in [0.3, 0.4) is 0 Å². The van der Waals surface area contributed by atoms with Crippen molar-refractivity contribution in [2.75, 3.05) is 12.8 Å². The number of hydrogen-bond acceptors (Lipinski definition) is 3. The van der Waals surface area contributed by atoms with Crippen LogP contribution < -0.4 is 11.1 Å². The van der Waals surface area contributed by atoms with E-state index in [2.05, 4.69) is 10.3 Å². The minimum Gasteiger partial charge on any atom is -0.398 e. The molecular formula is C12H19N3. The quantitative estimate of drug-likeness (QED) is 0.767. The third kappa shape index (κ3) is 2.93. The number of nitrogens with two attached hydrogens (primary N) is 1. The first-order valence-electron chi connectivity index (χ1n) is 5.65. The predicted octanol–water partition coefficient (Wildman–Crippen LogP) is 1.59. The molecule has 0 radical (unpaired) electrons. The zero-order chi connectivity index (χ0) is 10.7. The molecule has 1 saturated carbocycles. The highest BCUT2D eigenvalue weighted by Crippen LogP contribution is 2.34. The van der Waals surface area contributed by atoms with Crippen LogP contribution in [0.2, 0.25) is 0 Å². The van der Waals surface area contributed by atoms with Gasteiger partial charge >= 0.3 is 0 Å². The second-order valence-corrected chi connectivity index (χ2v) is 4.44. The van der Waals surface area contributed by atoms with Gasteiger partial charge in [0, 0.05) is 24.1 Å². The van der Waals surface area contributed by atoms with Crippen molar-refractivity contribution in [2.24, 2.45) is 5.92 Å². The van der Waals surface area contributed by atoms with Crippen LogP contribution in [-0.4, -0.2) is 18.1 Å². The van der Waals surface area contributed by atoms with Crippen LogP contribution in [0.1, 0.15) is 24.8 Å². The van der Waals surface area contributed by atoms with Gasteiger partial charge in [-0.15, -0.1) is 0 Å². The predicted molar refractivity (Wildman–Crippen MR) is 62.5 cm³/mol. The van der Waals surface area contributed by atoms with E-state index in [4.69, 9.17) is 5.73 Å².